The number of carbonyl (C=O) groups is 2. The first-order valence-corrected chi connectivity index (χ1v) is 11.2. The third-order valence-electron chi connectivity index (χ3n) is 6.09. The third kappa shape index (κ3) is 3.78. The second-order valence-corrected chi connectivity index (χ2v) is 8.52. The molecule has 4 aromatic carbocycles. The molecular weight excluding hydrogens is 466 g/mol. The Morgan fingerprint density at radius 3 is 2.43 bits per heavy atom. The summed E-state index contributed by atoms with van der Waals surface area (Å²) in [7, 11) is 1.48. The number of ether oxygens (including phenoxy) is 1. The third-order valence-corrected chi connectivity index (χ3v) is 6.38. The van der Waals surface area contributed by atoms with Crippen LogP contribution in [0.5, 0.6) is 11.5 Å². The molecule has 1 aliphatic rings. The van der Waals surface area contributed by atoms with Crippen molar-refractivity contribution < 1.29 is 24.5 Å². The van der Waals surface area contributed by atoms with E-state index in [0.29, 0.717) is 22.6 Å². The maximum Gasteiger partial charge on any atom is 0.300 e. The van der Waals surface area contributed by atoms with Crippen LogP contribution in [-0.2, 0) is 9.59 Å². The van der Waals surface area contributed by atoms with Gasteiger partial charge < -0.3 is 14.9 Å². The van der Waals surface area contributed by atoms with Crippen molar-refractivity contribution in [2.24, 2.45) is 0 Å². The van der Waals surface area contributed by atoms with Crippen molar-refractivity contribution in [3.8, 4) is 11.5 Å². The first kappa shape index (κ1) is 22.5. The van der Waals surface area contributed by atoms with Gasteiger partial charge in [-0.1, -0.05) is 66.2 Å². The van der Waals surface area contributed by atoms with Crippen LogP contribution in [0.1, 0.15) is 17.2 Å². The van der Waals surface area contributed by atoms with E-state index in [4.69, 9.17) is 16.3 Å². The first-order valence-electron chi connectivity index (χ1n) is 10.8. The Morgan fingerprint density at radius 2 is 1.69 bits per heavy atom. The van der Waals surface area contributed by atoms with Gasteiger partial charge in [0, 0.05) is 11.3 Å². The van der Waals surface area contributed by atoms with Crippen LogP contribution in [0.15, 0.2) is 90.5 Å². The summed E-state index contributed by atoms with van der Waals surface area (Å²) < 4.78 is 5.21. The van der Waals surface area contributed by atoms with Crippen LogP contribution in [0.3, 0.4) is 0 Å². The summed E-state index contributed by atoms with van der Waals surface area (Å²) in [6.45, 7) is 0. The number of aromatic hydroxyl groups is 1. The van der Waals surface area contributed by atoms with Crippen LogP contribution in [0.2, 0.25) is 5.02 Å². The van der Waals surface area contributed by atoms with Crippen LogP contribution >= 0.6 is 11.6 Å². The molecule has 1 saturated heterocycles. The number of Topliss-reactive ketones (excluding diaryl/α,β-unsaturated/α-hetero) is 1. The monoisotopic (exact) mass is 485 g/mol. The highest BCUT2D eigenvalue weighted by Gasteiger charge is 2.47. The van der Waals surface area contributed by atoms with E-state index < -0.39 is 17.7 Å². The Balaban J connectivity index is 1.77. The Bertz CT molecular complexity index is 1520. The number of methoxy groups -OCH3 is 1. The van der Waals surface area contributed by atoms with Gasteiger partial charge in [0.1, 0.15) is 17.3 Å². The van der Waals surface area contributed by atoms with Crippen molar-refractivity contribution in [2.75, 3.05) is 12.0 Å². The standard InChI is InChI=1S/C28H20ClNO5/c1-35-23-13-12-18(15-22(23)29)30-25(17-8-4-9-19(31)14-17)24(27(33)28(30)34)26(32)21-11-5-7-16-6-2-3-10-20(16)21/h2-15,25,31-32H,1H3/b26-24-. The fourth-order valence-electron chi connectivity index (χ4n) is 4.49. The van der Waals surface area contributed by atoms with Gasteiger partial charge in [-0.05, 0) is 46.7 Å². The zero-order chi connectivity index (χ0) is 24.7. The molecule has 0 saturated carbocycles. The number of ketones is 1. The van der Waals surface area contributed by atoms with Gasteiger partial charge in [-0.15, -0.1) is 0 Å². The number of nitrogens with zero attached hydrogens (tertiary/aromatic N) is 1. The Hall–Kier alpha value is -4.29. The SMILES string of the molecule is COc1ccc(N2C(=O)C(=O)/C(=C(\O)c3cccc4ccccc34)C2c2cccc(O)c2)cc1Cl. The molecule has 2 N–H and O–H groups in total. The van der Waals surface area contributed by atoms with Crippen molar-refractivity contribution in [3.63, 3.8) is 0 Å². The van der Waals surface area contributed by atoms with E-state index in [2.05, 4.69) is 0 Å². The van der Waals surface area contributed by atoms with Crippen LogP contribution in [-0.4, -0.2) is 29.0 Å². The van der Waals surface area contributed by atoms with E-state index in [1.807, 2.05) is 30.3 Å². The second-order valence-electron chi connectivity index (χ2n) is 8.11. The lowest BCUT2D eigenvalue weighted by molar-refractivity contribution is -0.132. The molecule has 0 bridgehead atoms. The van der Waals surface area contributed by atoms with E-state index in [9.17, 15) is 19.8 Å². The van der Waals surface area contributed by atoms with Crippen molar-refractivity contribution in [1.82, 2.24) is 0 Å². The molecule has 1 aliphatic heterocycles. The number of amides is 1. The van der Waals surface area contributed by atoms with Crippen LogP contribution in [0.4, 0.5) is 5.69 Å². The molecule has 0 aromatic heterocycles. The van der Waals surface area contributed by atoms with Crippen LogP contribution in [0.25, 0.3) is 16.5 Å². The highest BCUT2D eigenvalue weighted by Crippen LogP contribution is 2.44. The highest BCUT2D eigenvalue weighted by atomic mass is 35.5. The van der Waals surface area contributed by atoms with Gasteiger partial charge in [0.2, 0.25) is 0 Å². The molecule has 1 fully saturated rings. The molecule has 1 atom stereocenters. The molecule has 174 valence electrons. The van der Waals surface area contributed by atoms with Crippen molar-refractivity contribution in [1.29, 1.82) is 0 Å². The lowest BCUT2D eigenvalue weighted by Gasteiger charge is -2.26. The number of aliphatic hydroxyl groups is 1. The summed E-state index contributed by atoms with van der Waals surface area (Å²) in [5.41, 5.74) is 1.16. The molecule has 0 radical (unpaired) electrons. The minimum atomic E-state index is -0.995. The maximum atomic E-state index is 13.4. The molecule has 1 amide bonds. The summed E-state index contributed by atoms with van der Waals surface area (Å²) in [4.78, 5) is 28.0. The smallest absolute Gasteiger partial charge is 0.300 e. The molecular formula is C28H20ClNO5. The number of aliphatic hydroxyl groups excluding tert-OH is 1. The van der Waals surface area contributed by atoms with Gasteiger partial charge in [-0.2, -0.15) is 0 Å². The molecule has 0 aliphatic carbocycles. The second kappa shape index (κ2) is 8.81. The van der Waals surface area contributed by atoms with E-state index in [0.717, 1.165) is 10.8 Å². The van der Waals surface area contributed by atoms with Gasteiger partial charge in [0.05, 0.1) is 23.7 Å². The van der Waals surface area contributed by atoms with Gasteiger partial charge in [0.25, 0.3) is 11.7 Å². The van der Waals surface area contributed by atoms with E-state index in [1.54, 1.807) is 36.4 Å². The van der Waals surface area contributed by atoms with E-state index in [-0.39, 0.29) is 22.1 Å². The summed E-state index contributed by atoms with van der Waals surface area (Å²) in [6.07, 6.45) is 0. The van der Waals surface area contributed by atoms with Gasteiger partial charge in [-0.25, -0.2) is 0 Å². The number of hydrogen-bond donors (Lipinski definition) is 2. The predicted molar refractivity (Wildman–Crippen MR) is 135 cm³/mol. The van der Waals surface area contributed by atoms with Crippen molar-refractivity contribution >= 4 is 45.5 Å². The zero-order valence-electron chi connectivity index (χ0n) is 18.6. The molecule has 1 heterocycles. The number of halogens is 1. The normalized spacial score (nSPS) is 17.2. The fourth-order valence-corrected chi connectivity index (χ4v) is 4.74. The summed E-state index contributed by atoms with van der Waals surface area (Å²) in [5.74, 6) is -1.57. The topological polar surface area (TPSA) is 87.1 Å². The van der Waals surface area contributed by atoms with E-state index in [1.165, 1.54) is 30.2 Å². The van der Waals surface area contributed by atoms with Crippen molar-refractivity contribution in [2.45, 2.75) is 6.04 Å². The number of anilines is 1. The lowest BCUT2D eigenvalue weighted by Crippen LogP contribution is -2.29. The summed E-state index contributed by atoms with van der Waals surface area (Å²) in [5, 5.41) is 23.5. The minimum absolute atomic E-state index is 0.0361. The van der Waals surface area contributed by atoms with Crippen molar-refractivity contribution in [3.05, 3.63) is 107 Å². The zero-order valence-corrected chi connectivity index (χ0v) is 19.4. The van der Waals surface area contributed by atoms with Crippen LogP contribution < -0.4 is 9.64 Å². The molecule has 35 heavy (non-hydrogen) atoms. The molecule has 0 spiro atoms. The number of phenols is 1. The molecule has 5 rings (SSSR count). The number of carbonyl (C=O) groups excluding carboxylic acids is 2. The largest absolute Gasteiger partial charge is 0.508 e. The maximum absolute atomic E-state index is 13.4. The molecule has 7 heteroatoms. The summed E-state index contributed by atoms with van der Waals surface area (Å²) >= 11 is 6.32. The molecule has 6 nitrogen and oxygen atoms in total. The van der Waals surface area contributed by atoms with Gasteiger partial charge in [0.15, 0.2) is 0 Å². The number of fused-ring (bicyclic) bond motifs is 1. The Morgan fingerprint density at radius 1 is 0.943 bits per heavy atom. The van der Waals surface area contributed by atoms with Gasteiger partial charge >= 0.3 is 0 Å². The van der Waals surface area contributed by atoms with Crippen LogP contribution in [0, 0.1) is 0 Å². The lowest BCUT2D eigenvalue weighted by atomic mass is 9.93. The van der Waals surface area contributed by atoms with E-state index >= 15 is 0 Å². The number of rotatable bonds is 4. The summed E-state index contributed by atoms with van der Waals surface area (Å²) in [6, 6.07) is 22.8. The Kier molecular flexibility index (Phi) is 5.67. The number of hydrogen-bond acceptors (Lipinski definition) is 5. The predicted octanol–water partition coefficient (Wildman–Crippen LogP) is 5.83. The number of benzene rings is 4. The quantitative estimate of drug-likeness (QED) is 0.215. The minimum Gasteiger partial charge on any atom is -0.508 e. The molecule has 4 aromatic rings. The number of phenolic OH excluding ortho intramolecular Hbond substituents is 1. The highest BCUT2D eigenvalue weighted by molar-refractivity contribution is 6.52. The Labute approximate surface area is 206 Å². The average Bonchev–Trinajstić information content (AvgIpc) is 3.13. The first-order chi connectivity index (χ1) is 16.9. The fraction of sp³-hybridized carbons (Fsp3) is 0.0714. The van der Waals surface area contributed by atoms with Gasteiger partial charge in [-0.3, -0.25) is 14.5 Å². The average molecular weight is 486 g/mol. The molecule has 1 unspecified atom stereocenters.